The van der Waals surface area contributed by atoms with Gasteiger partial charge in [-0.15, -0.1) is 20.4 Å². The van der Waals surface area contributed by atoms with E-state index >= 15 is 0 Å². The van der Waals surface area contributed by atoms with Gasteiger partial charge in [-0.3, -0.25) is 0 Å². The lowest BCUT2D eigenvalue weighted by atomic mass is 10.3. The lowest BCUT2D eigenvalue weighted by Crippen LogP contribution is -1.89. The summed E-state index contributed by atoms with van der Waals surface area (Å²) < 4.78 is 30.6. The minimum Gasteiger partial charge on any atom is -0.425 e. The molecule has 0 spiro atoms. The Morgan fingerprint density at radius 2 is 1.96 bits per heavy atom. The maximum absolute atomic E-state index is 12.3. The fourth-order valence-corrected chi connectivity index (χ4v) is 3.79. The van der Waals surface area contributed by atoms with Crippen LogP contribution in [-0.2, 0) is 5.75 Å². The fourth-order valence-electron chi connectivity index (χ4n) is 1.68. The summed E-state index contributed by atoms with van der Waals surface area (Å²) in [5.41, 5.74) is 0.758. The van der Waals surface area contributed by atoms with Crippen LogP contribution in [0.25, 0.3) is 0 Å². The molecule has 2 aromatic heterocycles. The average Bonchev–Trinajstić information content (AvgIpc) is 3.16. The first-order valence-electron chi connectivity index (χ1n) is 6.65. The Hall–Kier alpha value is -1.72. The van der Waals surface area contributed by atoms with Gasteiger partial charge in [-0.05, 0) is 24.3 Å². The van der Waals surface area contributed by atoms with Crippen LogP contribution >= 0.6 is 34.9 Å². The van der Waals surface area contributed by atoms with E-state index in [1.165, 1.54) is 23.1 Å². The average molecular weight is 387 g/mol. The largest absolute Gasteiger partial charge is 0.425 e. The summed E-state index contributed by atoms with van der Waals surface area (Å²) in [6.45, 7) is 1.74. The first kappa shape index (κ1) is 17.1. The predicted molar refractivity (Wildman–Crippen MR) is 90.1 cm³/mol. The van der Waals surface area contributed by atoms with Gasteiger partial charge in [0.2, 0.25) is 16.9 Å². The normalized spacial score (nSPS) is 11.2. The van der Waals surface area contributed by atoms with E-state index in [4.69, 9.17) is 4.42 Å². The molecular formula is C13H11F2N5OS3. The van der Waals surface area contributed by atoms with E-state index in [-0.39, 0.29) is 0 Å². The molecule has 0 saturated carbocycles. The van der Waals surface area contributed by atoms with Crippen LogP contribution in [-0.4, -0.2) is 26.2 Å². The van der Waals surface area contributed by atoms with E-state index in [0.29, 0.717) is 39.3 Å². The number of nitrogens with zero attached hydrogens (tertiary/aromatic N) is 4. The third-order valence-corrected chi connectivity index (χ3v) is 5.30. The molecule has 0 amide bonds. The molecule has 0 saturated heterocycles. The Morgan fingerprint density at radius 3 is 2.62 bits per heavy atom. The van der Waals surface area contributed by atoms with Crippen LogP contribution in [0, 0.1) is 6.92 Å². The molecule has 3 aromatic rings. The highest BCUT2D eigenvalue weighted by Gasteiger charge is 2.09. The van der Waals surface area contributed by atoms with Crippen molar-refractivity contribution in [1.82, 2.24) is 20.4 Å². The monoisotopic (exact) mass is 387 g/mol. The van der Waals surface area contributed by atoms with Crippen molar-refractivity contribution in [1.29, 1.82) is 0 Å². The van der Waals surface area contributed by atoms with E-state index in [9.17, 15) is 8.78 Å². The van der Waals surface area contributed by atoms with Crippen molar-refractivity contribution in [2.45, 2.75) is 27.7 Å². The van der Waals surface area contributed by atoms with Crippen LogP contribution in [0.1, 0.15) is 11.8 Å². The van der Waals surface area contributed by atoms with Crippen molar-refractivity contribution in [3.05, 3.63) is 36.0 Å². The van der Waals surface area contributed by atoms with Gasteiger partial charge < -0.3 is 9.73 Å². The molecule has 0 fully saturated rings. The van der Waals surface area contributed by atoms with E-state index in [1.807, 2.05) is 0 Å². The molecule has 1 N–H and O–H groups in total. The first-order valence-corrected chi connectivity index (χ1v) is 9.34. The predicted octanol–water partition coefficient (Wildman–Crippen LogP) is 4.58. The van der Waals surface area contributed by atoms with Crippen molar-refractivity contribution in [2.24, 2.45) is 0 Å². The third kappa shape index (κ3) is 4.89. The molecule has 0 atom stereocenters. The number of alkyl halides is 2. The fraction of sp³-hybridized carbons (Fsp3) is 0.231. The van der Waals surface area contributed by atoms with Crippen molar-refractivity contribution < 1.29 is 13.2 Å². The number of hydrogen-bond acceptors (Lipinski definition) is 9. The standard InChI is InChI=1S/C13H11F2N5OS3/c1-7-17-18-10(21-7)6-22-13-20-19-12(24-13)16-8-2-4-9(5-3-8)23-11(14)15/h2-5,11H,6H2,1H3,(H,16,19). The number of hydrogen-bond donors (Lipinski definition) is 1. The second-order valence-corrected chi connectivity index (χ2v) is 7.67. The van der Waals surface area contributed by atoms with Crippen LogP contribution < -0.4 is 5.32 Å². The SMILES string of the molecule is Cc1nnc(CSc2nnc(Nc3ccc(SC(F)F)cc3)s2)o1. The van der Waals surface area contributed by atoms with Crippen molar-refractivity contribution in [2.75, 3.05) is 5.32 Å². The van der Waals surface area contributed by atoms with E-state index < -0.39 is 5.76 Å². The van der Waals surface area contributed by atoms with Crippen LogP contribution in [0.2, 0.25) is 0 Å². The molecule has 3 rings (SSSR count). The van der Waals surface area contributed by atoms with Crippen LogP contribution in [0.3, 0.4) is 0 Å². The minimum atomic E-state index is -2.42. The number of anilines is 2. The third-order valence-electron chi connectivity index (χ3n) is 2.62. The summed E-state index contributed by atoms with van der Waals surface area (Å²) in [5, 5.41) is 19.5. The highest BCUT2D eigenvalue weighted by atomic mass is 32.2. The lowest BCUT2D eigenvalue weighted by Gasteiger charge is -2.03. The molecule has 6 nitrogen and oxygen atoms in total. The van der Waals surface area contributed by atoms with Gasteiger partial charge in [0.1, 0.15) is 0 Å². The number of aromatic nitrogens is 4. The van der Waals surface area contributed by atoms with Gasteiger partial charge in [0, 0.05) is 17.5 Å². The molecule has 0 aliphatic carbocycles. The van der Waals surface area contributed by atoms with Gasteiger partial charge >= 0.3 is 0 Å². The van der Waals surface area contributed by atoms with Crippen molar-refractivity contribution in [3.8, 4) is 0 Å². The highest BCUT2D eigenvalue weighted by Crippen LogP contribution is 2.31. The van der Waals surface area contributed by atoms with E-state index in [1.54, 1.807) is 31.2 Å². The van der Waals surface area contributed by atoms with Crippen molar-refractivity contribution in [3.63, 3.8) is 0 Å². The summed E-state index contributed by atoms with van der Waals surface area (Å²) in [4.78, 5) is 0.513. The zero-order chi connectivity index (χ0) is 16.9. The summed E-state index contributed by atoms with van der Waals surface area (Å²) in [5.74, 6) is -0.836. The number of halogens is 2. The maximum atomic E-state index is 12.3. The number of benzene rings is 1. The second-order valence-electron chi connectivity index (χ2n) is 4.40. The molecule has 0 bridgehead atoms. The molecule has 0 aliphatic heterocycles. The molecule has 24 heavy (non-hydrogen) atoms. The molecule has 1 aromatic carbocycles. The van der Waals surface area contributed by atoms with Gasteiger partial charge in [0.15, 0.2) is 4.34 Å². The summed E-state index contributed by atoms with van der Waals surface area (Å²) in [6.07, 6.45) is 0. The molecule has 126 valence electrons. The van der Waals surface area contributed by atoms with Gasteiger partial charge in [-0.1, -0.05) is 34.9 Å². The van der Waals surface area contributed by atoms with Crippen LogP contribution in [0.15, 0.2) is 37.9 Å². The molecule has 0 aliphatic rings. The number of rotatable bonds is 7. The number of aryl methyl sites for hydroxylation is 1. The van der Waals surface area contributed by atoms with Gasteiger partial charge in [-0.2, -0.15) is 8.78 Å². The Labute approximate surface area is 148 Å². The van der Waals surface area contributed by atoms with Crippen molar-refractivity contribution >= 4 is 45.7 Å². The quantitative estimate of drug-likeness (QED) is 0.590. The van der Waals surface area contributed by atoms with Crippen LogP contribution in [0.4, 0.5) is 19.6 Å². The summed E-state index contributed by atoms with van der Waals surface area (Å²) >= 11 is 3.35. The maximum Gasteiger partial charge on any atom is 0.288 e. The van der Waals surface area contributed by atoms with E-state index in [2.05, 4.69) is 25.7 Å². The Balaban J connectivity index is 1.55. The molecule has 2 heterocycles. The topological polar surface area (TPSA) is 76.7 Å². The van der Waals surface area contributed by atoms with E-state index in [0.717, 1.165) is 10.0 Å². The molecular weight excluding hydrogens is 376 g/mol. The van der Waals surface area contributed by atoms with Gasteiger partial charge in [0.05, 0.1) is 5.75 Å². The Kier molecular flexibility index (Phi) is 5.63. The van der Waals surface area contributed by atoms with Gasteiger partial charge in [0.25, 0.3) is 5.76 Å². The molecule has 11 heteroatoms. The molecule has 0 unspecified atom stereocenters. The Bertz CT molecular complexity index is 793. The van der Waals surface area contributed by atoms with Crippen LogP contribution in [0.5, 0.6) is 0 Å². The molecule has 0 radical (unpaired) electrons. The number of thioether (sulfide) groups is 2. The smallest absolute Gasteiger partial charge is 0.288 e. The summed E-state index contributed by atoms with van der Waals surface area (Å²) in [7, 11) is 0. The number of nitrogens with one attached hydrogen (secondary N) is 1. The van der Waals surface area contributed by atoms with Gasteiger partial charge in [-0.25, -0.2) is 0 Å². The first-order chi connectivity index (χ1) is 11.6. The lowest BCUT2D eigenvalue weighted by molar-refractivity contribution is 0.252. The zero-order valence-electron chi connectivity index (χ0n) is 12.3. The Morgan fingerprint density at radius 1 is 1.17 bits per heavy atom. The summed E-state index contributed by atoms with van der Waals surface area (Å²) in [6, 6.07) is 6.71. The highest BCUT2D eigenvalue weighted by molar-refractivity contribution is 8.00. The zero-order valence-corrected chi connectivity index (χ0v) is 14.7. The minimum absolute atomic E-state index is 0.513. The second kappa shape index (κ2) is 7.90.